The molecule has 0 aromatic heterocycles. The van der Waals surface area contributed by atoms with E-state index in [0.29, 0.717) is 19.4 Å². The van der Waals surface area contributed by atoms with Crippen LogP contribution in [0.25, 0.3) is 0 Å². The Bertz CT molecular complexity index is 1770. The number of benzene rings is 3. The molecule has 0 radical (unpaired) electrons. The molecule has 3 aromatic carbocycles. The first-order chi connectivity index (χ1) is 24.5. The minimum atomic E-state index is -4.52. The molecule has 0 saturated carbocycles. The van der Waals surface area contributed by atoms with Crippen molar-refractivity contribution >= 4 is 33.3 Å². The first-order valence-corrected chi connectivity index (χ1v) is 18.6. The standard InChI is InChI=1S/C37H47F3N4O7S/c1-24-9-16-31(17-10-24)52(48,49)43(5)22-34-25(2)21-44(26(3)23-45)35(46)32-20-30(15-18-33(32)51-27(4)8-6-7-19-50-34)42-36(47)41-29-13-11-28(12-14-29)37(38,39)40/h9-18,20,25-27,34,45H,6-8,19,21-23H2,1-5H3,(H2,41,42,47)/t25-,26+,27-,34+/m1/s1. The molecule has 11 nitrogen and oxygen atoms in total. The Kier molecular flexibility index (Phi) is 13.7. The van der Waals surface area contributed by atoms with Crippen LogP contribution >= 0.6 is 0 Å². The third-order valence-corrected chi connectivity index (χ3v) is 10.8. The zero-order valence-electron chi connectivity index (χ0n) is 29.9. The Morgan fingerprint density at radius 3 is 2.29 bits per heavy atom. The molecule has 3 aromatic rings. The molecule has 0 unspecified atom stereocenters. The topological polar surface area (TPSA) is 138 Å². The smallest absolute Gasteiger partial charge is 0.416 e. The maximum absolute atomic E-state index is 14.4. The fourth-order valence-corrected chi connectivity index (χ4v) is 6.92. The summed E-state index contributed by atoms with van der Waals surface area (Å²) in [7, 11) is -2.35. The lowest BCUT2D eigenvalue weighted by atomic mass is 10.0. The van der Waals surface area contributed by atoms with Crippen molar-refractivity contribution in [3.8, 4) is 5.75 Å². The van der Waals surface area contributed by atoms with Gasteiger partial charge in [0.25, 0.3) is 5.91 Å². The molecule has 0 bridgehead atoms. The van der Waals surface area contributed by atoms with Gasteiger partial charge in [-0.2, -0.15) is 17.5 Å². The molecule has 1 heterocycles. The molecule has 4 rings (SSSR count). The number of nitrogens with one attached hydrogen (secondary N) is 2. The summed E-state index contributed by atoms with van der Waals surface area (Å²) in [4.78, 5) is 28.8. The molecule has 3 N–H and O–H groups in total. The SMILES string of the molecule is Cc1ccc(S(=O)(=O)N(C)C[C@@H]2OCCCC[C@@H](C)Oc3ccc(NC(=O)Nc4ccc(C(F)(F)F)cc4)cc3C(=O)N([C@@H](C)CO)C[C@H]2C)cc1. The number of ether oxygens (including phenoxy) is 2. The van der Waals surface area contributed by atoms with Crippen LogP contribution in [0.15, 0.2) is 71.6 Å². The van der Waals surface area contributed by atoms with Crippen molar-refractivity contribution in [1.82, 2.24) is 9.21 Å². The first kappa shape index (κ1) is 40.6. The van der Waals surface area contributed by atoms with Crippen molar-refractivity contribution in [1.29, 1.82) is 0 Å². The van der Waals surface area contributed by atoms with Crippen LogP contribution in [0, 0.1) is 12.8 Å². The summed E-state index contributed by atoms with van der Waals surface area (Å²) in [5.74, 6) is -0.628. The van der Waals surface area contributed by atoms with Crippen LogP contribution in [-0.2, 0) is 20.9 Å². The number of urea groups is 1. The van der Waals surface area contributed by atoms with Gasteiger partial charge in [-0.3, -0.25) is 4.79 Å². The molecule has 0 fully saturated rings. The Labute approximate surface area is 303 Å². The van der Waals surface area contributed by atoms with Gasteiger partial charge in [0, 0.05) is 44.0 Å². The highest BCUT2D eigenvalue weighted by atomic mass is 32.2. The van der Waals surface area contributed by atoms with Crippen molar-refractivity contribution in [2.75, 3.05) is 44.0 Å². The normalized spacial score (nSPS) is 20.0. The fraction of sp³-hybridized carbons (Fsp3) is 0.459. The summed E-state index contributed by atoms with van der Waals surface area (Å²) in [6.07, 6.45) is -3.38. The number of halogens is 3. The van der Waals surface area contributed by atoms with Gasteiger partial charge in [0.1, 0.15) is 5.75 Å². The van der Waals surface area contributed by atoms with E-state index in [0.717, 1.165) is 36.2 Å². The highest BCUT2D eigenvalue weighted by molar-refractivity contribution is 7.89. The van der Waals surface area contributed by atoms with E-state index < -0.39 is 51.8 Å². The van der Waals surface area contributed by atoms with Crippen molar-refractivity contribution in [3.05, 3.63) is 83.4 Å². The van der Waals surface area contributed by atoms with Crippen LogP contribution in [0.1, 0.15) is 61.5 Å². The molecule has 0 spiro atoms. The molecule has 1 aliphatic rings. The predicted octanol–water partition coefficient (Wildman–Crippen LogP) is 6.77. The van der Waals surface area contributed by atoms with Gasteiger partial charge >= 0.3 is 12.2 Å². The van der Waals surface area contributed by atoms with Gasteiger partial charge in [-0.1, -0.05) is 24.6 Å². The van der Waals surface area contributed by atoms with Gasteiger partial charge in [-0.05, 0) is 94.6 Å². The molecule has 0 aliphatic carbocycles. The van der Waals surface area contributed by atoms with Crippen LogP contribution in [0.2, 0.25) is 0 Å². The molecule has 0 saturated heterocycles. The second-order valence-corrected chi connectivity index (χ2v) is 15.3. The van der Waals surface area contributed by atoms with Crippen molar-refractivity contribution in [2.45, 2.75) is 76.3 Å². The molecular formula is C37H47F3N4O7S. The van der Waals surface area contributed by atoms with E-state index in [2.05, 4.69) is 10.6 Å². The van der Waals surface area contributed by atoms with Crippen LogP contribution in [0.5, 0.6) is 5.75 Å². The number of carbonyl (C=O) groups excluding carboxylic acids is 2. The van der Waals surface area contributed by atoms with E-state index in [1.165, 1.54) is 22.3 Å². The average Bonchev–Trinajstić information content (AvgIpc) is 3.09. The Morgan fingerprint density at radius 2 is 1.65 bits per heavy atom. The number of anilines is 2. The fourth-order valence-electron chi connectivity index (χ4n) is 5.74. The number of alkyl halides is 3. The molecule has 284 valence electrons. The molecule has 3 amide bonds. The number of aliphatic hydroxyl groups excluding tert-OH is 1. The van der Waals surface area contributed by atoms with E-state index in [9.17, 15) is 36.3 Å². The quantitative estimate of drug-likeness (QED) is 0.231. The number of likely N-dealkylation sites (N-methyl/N-ethyl adjacent to an activating group) is 1. The summed E-state index contributed by atoms with van der Waals surface area (Å²) in [5.41, 5.74) is 0.523. The first-order valence-electron chi connectivity index (χ1n) is 17.1. The number of carbonyl (C=O) groups is 2. The van der Waals surface area contributed by atoms with Crippen LogP contribution in [-0.4, -0.2) is 86.3 Å². The van der Waals surface area contributed by atoms with E-state index in [1.54, 1.807) is 43.3 Å². The van der Waals surface area contributed by atoms with Gasteiger partial charge in [-0.15, -0.1) is 0 Å². The number of fused-ring (bicyclic) bond motifs is 1. The summed E-state index contributed by atoms with van der Waals surface area (Å²) < 4.78 is 79.6. The number of aryl methyl sites for hydroxylation is 1. The number of hydrogen-bond donors (Lipinski definition) is 3. The Balaban J connectivity index is 1.60. The molecule has 1 aliphatic heterocycles. The summed E-state index contributed by atoms with van der Waals surface area (Å²) in [6, 6.07) is 13.7. The third-order valence-electron chi connectivity index (χ3n) is 8.95. The zero-order chi connectivity index (χ0) is 38.2. The summed E-state index contributed by atoms with van der Waals surface area (Å²) >= 11 is 0. The van der Waals surface area contributed by atoms with E-state index in [4.69, 9.17) is 9.47 Å². The molecule has 15 heteroatoms. The van der Waals surface area contributed by atoms with Crippen molar-refractivity contribution in [2.24, 2.45) is 5.92 Å². The minimum Gasteiger partial charge on any atom is -0.490 e. The molecular weight excluding hydrogens is 701 g/mol. The number of hydrogen-bond acceptors (Lipinski definition) is 7. The van der Waals surface area contributed by atoms with Crippen molar-refractivity contribution in [3.63, 3.8) is 0 Å². The lowest BCUT2D eigenvalue weighted by molar-refractivity contribution is -0.137. The monoisotopic (exact) mass is 748 g/mol. The van der Waals surface area contributed by atoms with E-state index in [-0.39, 0.29) is 53.4 Å². The highest BCUT2D eigenvalue weighted by Gasteiger charge is 2.33. The number of sulfonamides is 1. The number of nitrogens with zero attached hydrogens (tertiary/aromatic N) is 2. The highest BCUT2D eigenvalue weighted by Crippen LogP contribution is 2.31. The third kappa shape index (κ3) is 10.7. The van der Waals surface area contributed by atoms with Crippen LogP contribution in [0.4, 0.5) is 29.3 Å². The second kappa shape index (κ2) is 17.6. The van der Waals surface area contributed by atoms with E-state index >= 15 is 0 Å². The lowest BCUT2D eigenvalue weighted by Crippen LogP contribution is -2.48. The average molecular weight is 749 g/mol. The van der Waals surface area contributed by atoms with Crippen LogP contribution < -0.4 is 15.4 Å². The Hall–Kier alpha value is -4.18. The van der Waals surface area contributed by atoms with E-state index in [1.807, 2.05) is 20.8 Å². The van der Waals surface area contributed by atoms with Crippen molar-refractivity contribution < 1.29 is 45.8 Å². The maximum Gasteiger partial charge on any atom is 0.416 e. The maximum atomic E-state index is 14.4. The predicted molar refractivity (Wildman–Crippen MR) is 192 cm³/mol. The van der Waals surface area contributed by atoms with Crippen LogP contribution in [0.3, 0.4) is 0 Å². The largest absolute Gasteiger partial charge is 0.490 e. The van der Waals surface area contributed by atoms with Gasteiger partial charge < -0.3 is 30.1 Å². The van der Waals surface area contributed by atoms with Gasteiger partial charge in [0.2, 0.25) is 10.0 Å². The number of aliphatic hydroxyl groups is 1. The summed E-state index contributed by atoms with van der Waals surface area (Å²) in [5, 5.41) is 15.3. The Morgan fingerprint density at radius 1 is 1.02 bits per heavy atom. The van der Waals surface area contributed by atoms with Gasteiger partial charge in [0.05, 0.1) is 40.9 Å². The van der Waals surface area contributed by atoms with Gasteiger partial charge in [-0.25, -0.2) is 13.2 Å². The molecule has 52 heavy (non-hydrogen) atoms. The number of rotatable bonds is 8. The molecule has 4 atom stereocenters. The minimum absolute atomic E-state index is 0.0190. The lowest BCUT2D eigenvalue weighted by Gasteiger charge is -2.35. The van der Waals surface area contributed by atoms with Gasteiger partial charge in [0.15, 0.2) is 0 Å². The number of amides is 3. The zero-order valence-corrected chi connectivity index (χ0v) is 30.8. The second-order valence-electron chi connectivity index (χ2n) is 13.3. The summed E-state index contributed by atoms with van der Waals surface area (Å²) in [6.45, 7) is 7.38.